The second-order valence-electron chi connectivity index (χ2n) is 4.24. The molecule has 1 saturated heterocycles. The van der Waals surface area contributed by atoms with E-state index in [0.29, 0.717) is 13.1 Å². The van der Waals surface area contributed by atoms with Gasteiger partial charge in [0, 0.05) is 13.1 Å². The van der Waals surface area contributed by atoms with Gasteiger partial charge >= 0.3 is 5.97 Å². The number of carboxylic acid groups (broad SMARTS) is 1. The lowest BCUT2D eigenvalue weighted by Crippen LogP contribution is -2.32. The summed E-state index contributed by atoms with van der Waals surface area (Å²) < 4.78 is 26.2. The van der Waals surface area contributed by atoms with E-state index in [4.69, 9.17) is 5.11 Å². The summed E-state index contributed by atoms with van der Waals surface area (Å²) in [6.45, 7) is 0.967. The summed E-state index contributed by atoms with van der Waals surface area (Å²) >= 11 is 0.948. The largest absolute Gasteiger partial charge is 0.477 e. The summed E-state index contributed by atoms with van der Waals surface area (Å²) in [5.41, 5.74) is 0. The fourth-order valence-electron chi connectivity index (χ4n) is 2.08. The molecular weight excluding hydrogens is 274 g/mol. The Morgan fingerprint density at radius 1 is 1.22 bits per heavy atom. The molecule has 0 aromatic carbocycles. The standard InChI is InChI=1S/C11H15NO4S2/c13-11(14)10-9(5-8-17-10)18(15,16)12-6-3-1-2-4-7-12/h5,8H,1-4,6-7H2,(H,13,14). The lowest BCUT2D eigenvalue weighted by molar-refractivity contribution is 0.0698. The van der Waals surface area contributed by atoms with Gasteiger partial charge in [-0.05, 0) is 24.3 Å². The first-order chi connectivity index (χ1) is 8.53. The van der Waals surface area contributed by atoms with Crippen LogP contribution in [0.5, 0.6) is 0 Å². The van der Waals surface area contributed by atoms with Gasteiger partial charge in [-0.3, -0.25) is 0 Å². The van der Waals surface area contributed by atoms with E-state index in [1.54, 1.807) is 0 Å². The molecule has 1 aromatic heterocycles. The van der Waals surface area contributed by atoms with Crippen molar-refractivity contribution in [3.8, 4) is 0 Å². The minimum Gasteiger partial charge on any atom is -0.477 e. The van der Waals surface area contributed by atoms with Crippen LogP contribution < -0.4 is 0 Å². The maximum atomic E-state index is 12.4. The number of carboxylic acids is 1. The van der Waals surface area contributed by atoms with E-state index in [-0.39, 0.29) is 9.77 Å². The molecule has 0 aliphatic carbocycles. The highest BCUT2D eigenvalue weighted by molar-refractivity contribution is 7.89. The molecule has 1 aromatic rings. The van der Waals surface area contributed by atoms with Crippen molar-refractivity contribution in [2.24, 2.45) is 0 Å². The second-order valence-corrected chi connectivity index (χ2v) is 7.06. The number of rotatable bonds is 3. The van der Waals surface area contributed by atoms with E-state index in [2.05, 4.69) is 0 Å². The molecular formula is C11H15NO4S2. The quantitative estimate of drug-likeness (QED) is 0.923. The Balaban J connectivity index is 2.34. The average Bonchev–Trinajstić information content (AvgIpc) is 2.65. The van der Waals surface area contributed by atoms with Crippen LogP contribution in [0.25, 0.3) is 0 Å². The van der Waals surface area contributed by atoms with Gasteiger partial charge in [-0.15, -0.1) is 11.3 Å². The summed E-state index contributed by atoms with van der Waals surface area (Å²) in [7, 11) is -3.65. The van der Waals surface area contributed by atoms with Crippen LogP contribution >= 0.6 is 11.3 Å². The number of sulfonamides is 1. The normalized spacial score (nSPS) is 18.4. The van der Waals surface area contributed by atoms with E-state index in [1.807, 2.05) is 0 Å². The molecule has 2 rings (SSSR count). The number of thiophene rings is 1. The Morgan fingerprint density at radius 2 is 1.83 bits per heavy atom. The van der Waals surface area contributed by atoms with E-state index in [1.165, 1.54) is 15.8 Å². The molecule has 0 radical (unpaired) electrons. The molecule has 1 fully saturated rings. The Morgan fingerprint density at radius 3 is 2.39 bits per heavy atom. The average molecular weight is 289 g/mol. The highest BCUT2D eigenvalue weighted by Crippen LogP contribution is 2.26. The topological polar surface area (TPSA) is 74.7 Å². The monoisotopic (exact) mass is 289 g/mol. The van der Waals surface area contributed by atoms with Crippen molar-refractivity contribution < 1.29 is 18.3 Å². The van der Waals surface area contributed by atoms with Crippen LogP contribution in [-0.4, -0.2) is 36.9 Å². The van der Waals surface area contributed by atoms with E-state index < -0.39 is 16.0 Å². The highest BCUT2D eigenvalue weighted by Gasteiger charge is 2.30. The van der Waals surface area contributed by atoms with Gasteiger partial charge in [0.25, 0.3) is 0 Å². The predicted molar refractivity (Wildman–Crippen MR) is 68.5 cm³/mol. The SMILES string of the molecule is O=C(O)c1sccc1S(=O)(=O)N1CCCCCC1. The summed E-state index contributed by atoms with van der Waals surface area (Å²) in [6.07, 6.45) is 3.74. The van der Waals surface area contributed by atoms with Crippen molar-refractivity contribution in [1.82, 2.24) is 4.31 Å². The number of aromatic carboxylic acids is 1. The molecule has 0 bridgehead atoms. The third-order valence-electron chi connectivity index (χ3n) is 3.01. The minimum atomic E-state index is -3.65. The summed E-state index contributed by atoms with van der Waals surface area (Å²) in [6, 6.07) is 1.38. The van der Waals surface area contributed by atoms with Crippen molar-refractivity contribution in [1.29, 1.82) is 0 Å². The number of hydrogen-bond acceptors (Lipinski definition) is 4. The van der Waals surface area contributed by atoms with Crippen molar-refractivity contribution in [3.05, 3.63) is 16.3 Å². The molecule has 7 heteroatoms. The molecule has 1 aliphatic rings. The molecule has 18 heavy (non-hydrogen) atoms. The first-order valence-electron chi connectivity index (χ1n) is 5.84. The lowest BCUT2D eigenvalue weighted by atomic mass is 10.2. The molecule has 0 atom stereocenters. The third kappa shape index (κ3) is 2.57. The minimum absolute atomic E-state index is 0.0677. The molecule has 1 N–H and O–H groups in total. The smallest absolute Gasteiger partial charge is 0.347 e. The Kier molecular flexibility index (Phi) is 4.04. The second kappa shape index (κ2) is 5.38. The number of nitrogens with zero attached hydrogens (tertiary/aromatic N) is 1. The Hall–Kier alpha value is -0.920. The van der Waals surface area contributed by atoms with Gasteiger partial charge in [0.1, 0.15) is 9.77 Å². The third-order valence-corrected chi connectivity index (χ3v) is 5.98. The van der Waals surface area contributed by atoms with Crippen LogP contribution in [0.1, 0.15) is 35.4 Å². The van der Waals surface area contributed by atoms with Gasteiger partial charge < -0.3 is 5.11 Å². The van der Waals surface area contributed by atoms with E-state index in [0.717, 1.165) is 37.0 Å². The fourth-order valence-corrected chi connectivity index (χ4v) is 4.83. The lowest BCUT2D eigenvalue weighted by Gasteiger charge is -2.19. The zero-order chi connectivity index (χ0) is 13.2. The molecule has 2 heterocycles. The van der Waals surface area contributed by atoms with Crippen LogP contribution in [0.2, 0.25) is 0 Å². The van der Waals surface area contributed by atoms with Crippen molar-refractivity contribution in [2.75, 3.05) is 13.1 Å². The fraction of sp³-hybridized carbons (Fsp3) is 0.545. The van der Waals surface area contributed by atoms with Crippen LogP contribution in [0.15, 0.2) is 16.3 Å². The molecule has 0 spiro atoms. The summed E-state index contributed by atoms with van der Waals surface area (Å²) in [5.74, 6) is -1.18. The maximum absolute atomic E-state index is 12.4. The van der Waals surface area contributed by atoms with Crippen molar-refractivity contribution >= 4 is 27.3 Å². The molecule has 5 nitrogen and oxygen atoms in total. The first kappa shape index (κ1) is 13.5. The zero-order valence-corrected chi connectivity index (χ0v) is 11.5. The Bertz CT molecular complexity index is 527. The van der Waals surface area contributed by atoms with Gasteiger partial charge in [-0.1, -0.05) is 12.8 Å². The highest BCUT2D eigenvalue weighted by atomic mass is 32.2. The summed E-state index contributed by atoms with van der Waals surface area (Å²) in [5, 5.41) is 10.5. The molecule has 1 aliphatic heterocycles. The van der Waals surface area contributed by atoms with Gasteiger partial charge in [0.15, 0.2) is 0 Å². The molecule has 0 amide bonds. The number of hydrogen-bond donors (Lipinski definition) is 1. The molecule has 100 valence electrons. The van der Waals surface area contributed by atoms with Gasteiger partial charge in [-0.25, -0.2) is 13.2 Å². The van der Waals surface area contributed by atoms with Crippen LogP contribution in [-0.2, 0) is 10.0 Å². The van der Waals surface area contributed by atoms with Gasteiger partial charge in [0.2, 0.25) is 10.0 Å². The molecule has 0 saturated carbocycles. The van der Waals surface area contributed by atoms with Crippen LogP contribution in [0.3, 0.4) is 0 Å². The van der Waals surface area contributed by atoms with Crippen molar-refractivity contribution in [2.45, 2.75) is 30.6 Å². The van der Waals surface area contributed by atoms with Gasteiger partial charge in [-0.2, -0.15) is 4.31 Å². The zero-order valence-electron chi connectivity index (χ0n) is 9.83. The summed E-state index contributed by atoms with van der Waals surface area (Å²) in [4.78, 5) is 10.8. The van der Waals surface area contributed by atoms with Crippen LogP contribution in [0.4, 0.5) is 0 Å². The van der Waals surface area contributed by atoms with Gasteiger partial charge in [0.05, 0.1) is 0 Å². The maximum Gasteiger partial charge on any atom is 0.347 e. The van der Waals surface area contributed by atoms with Crippen LogP contribution in [0, 0.1) is 0 Å². The Labute approximate surface area is 110 Å². The van der Waals surface area contributed by atoms with E-state index in [9.17, 15) is 13.2 Å². The predicted octanol–water partition coefficient (Wildman–Crippen LogP) is 2.01. The molecule has 0 unspecified atom stereocenters. The first-order valence-corrected chi connectivity index (χ1v) is 8.16. The van der Waals surface area contributed by atoms with Crippen molar-refractivity contribution in [3.63, 3.8) is 0 Å². The van der Waals surface area contributed by atoms with E-state index >= 15 is 0 Å². The number of carbonyl (C=O) groups is 1.